The van der Waals surface area contributed by atoms with Crippen LogP contribution in [0.2, 0.25) is 0 Å². The maximum absolute atomic E-state index is 4.53. The van der Waals surface area contributed by atoms with Crippen molar-refractivity contribution in [3.8, 4) is 0 Å². The van der Waals surface area contributed by atoms with Gasteiger partial charge < -0.3 is 5.32 Å². The van der Waals surface area contributed by atoms with E-state index in [0.717, 1.165) is 19.4 Å². The van der Waals surface area contributed by atoms with Gasteiger partial charge in [-0.15, -0.1) is 0 Å². The number of rotatable bonds is 7. The van der Waals surface area contributed by atoms with Crippen LogP contribution in [-0.2, 0) is 19.9 Å². The fraction of sp³-hybridized carbons (Fsp3) is 0.800. The highest BCUT2D eigenvalue weighted by molar-refractivity contribution is 5.11. The normalized spacial score (nSPS) is 13.6. The summed E-state index contributed by atoms with van der Waals surface area (Å²) in [6.45, 7) is 12.3. The Bertz CT molecular complexity index is 353. The van der Waals surface area contributed by atoms with Crippen LogP contribution in [0.15, 0.2) is 6.07 Å². The zero-order chi connectivity index (χ0) is 13.7. The summed E-state index contributed by atoms with van der Waals surface area (Å²) in [5.41, 5.74) is 2.56. The molecule has 0 spiro atoms. The molecule has 0 aliphatic rings. The maximum atomic E-state index is 4.53. The van der Waals surface area contributed by atoms with E-state index in [-0.39, 0.29) is 0 Å². The van der Waals surface area contributed by atoms with Crippen molar-refractivity contribution >= 4 is 0 Å². The Morgan fingerprint density at radius 3 is 2.39 bits per heavy atom. The predicted octanol–water partition coefficient (Wildman–Crippen LogP) is 2.80. The molecule has 1 atom stereocenters. The van der Waals surface area contributed by atoms with E-state index >= 15 is 0 Å². The first kappa shape index (κ1) is 15.2. The van der Waals surface area contributed by atoms with Crippen LogP contribution >= 0.6 is 0 Å². The molecule has 1 aromatic rings. The topological polar surface area (TPSA) is 29.9 Å². The SMILES string of the molecule is CCc1cc(CC(CNC(C)C)C(C)C)n(C)n1. The third-order valence-corrected chi connectivity index (χ3v) is 3.59. The Kier molecular flexibility index (Phi) is 5.86. The average molecular weight is 251 g/mol. The first-order valence-corrected chi connectivity index (χ1v) is 7.19. The highest BCUT2D eigenvalue weighted by Gasteiger charge is 2.16. The molecule has 0 radical (unpaired) electrons. The molecule has 1 heterocycles. The molecule has 18 heavy (non-hydrogen) atoms. The van der Waals surface area contributed by atoms with Crippen molar-refractivity contribution in [3.63, 3.8) is 0 Å². The summed E-state index contributed by atoms with van der Waals surface area (Å²) in [7, 11) is 2.06. The van der Waals surface area contributed by atoms with Crippen molar-refractivity contribution in [1.82, 2.24) is 15.1 Å². The number of hydrogen-bond acceptors (Lipinski definition) is 2. The van der Waals surface area contributed by atoms with Gasteiger partial charge in [-0.05, 0) is 37.3 Å². The highest BCUT2D eigenvalue weighted by atomic mass is 15.3. The molecule has 0 bridgehead atoms. The second-order valence-corrected chi connectivity index (χ2v) is 5.88. The molecule has 3 heteroatoms. The van der Waals surface area contributed by atoms with Gasteiger partial charge in [0, 0.05) is 18.8 Å². The summed E-state index contributed by atoms with van der Waals surface area (Å²) in [6.07, 6.45) is 2.13. The average Bonchev–Trinajstić information content (AvgIpc) is 2.64. The van der Waals surface area contributed by atoms with Crippen LogP contribution in [0.3, 0.4) is 0 Å². The van der Waals surface area contributed by atoms with Gasteiger partial charge in [-0.3, -0.25) is 4.68 Å². The first-order valence-electron chi connectivity index (χ1n) is 7.19. The molecular formula is C15H29N3. The fourth-order valence-corrected chi connectivity index (χ4v) is 2.13. The monoisotopic (exact) mass is 251 g/mol. The summed E-state index contributed by atoms with van der Waals surface area (Å²) < 4.78 is 2.05. The van der Waals surface area contributed by atoms with Crippen LogP contribution in [0.25, 0.3) is 0 Å². The number of nitrogens with one attached hydrogen (secondary N) is 1. The molecular weight excluding hydrogens is 222 g/mol. The molecule has 0 aliphatic heterocycles. The minimum Gasteiger partial charge on any atom is -0.314 e. The molecule has 0 amide bonds. The largest absolute Gasteiger partial charge is 0.314 e. The molecule has 1 rings (SSSR count). The summed E-state index contributed by atoms with van der Waals surface area (Å²) in [5, 5.41) is 8.09. The van der Waals surface area contributed by atoms with Crippen LogP contribution in [0.5, 0.6) is 0 Å². The third-order valence-electron chi connectivity index (χ3n) is 3.59. The zero-order valence-electron chi connectivity index (χ0n) is 12.8. The van der Waals surface area contributed by atoms with Crippen molar-refractivity contribution in [2.75, 3.05) is 6.54 Å². The van der Waals surface area contributed by atoms with Gasteiger partial charge in [0.1, 0.15) is 0 Å². The molecule has 0 fully saturated rings. The van der Waals surface area contributed by atoms with E-state index in [4.69, 9.17) is 0 Å². The van der Waals surface area contributed by atoms with Gasteiger partial charge >= 0.3 is 0 Å². The second-order valence-electron chi connectivity index (χ2n) is 5.88. The van der Waals surface area contributed by atoms with E-state index in [2.05, 4.69) is 58.1 Å². The van der Waals surface area contributed by atoms with Crippen molar-refractivity contribution < 1.29 is 0 Å². The van der Waals surface area contributed by atoms with E-state index in [1.165, 1.54) is 11.4 Å². The number of nitrogens with zero attached hydrogens (tertiary/aromatic N) is 2. The third kappa shape index (κ3) is 4.45. The van der Waals surface area contributed by atoms with Gasteiger partial charge in [-0.2, -0.15) is 5.10 Å². The lowest BCUT2D eigenvalue weighted by molar-refractivity contribution is 0.343. The van der Waals surface area contributed by atoms with Crippen molar-refractivity contribution in [3.05, 3.63) is 17.5 Å². The number of aryl methyl sites for hydroxylation is 2. The maximum Gasteiger partial charge on any atom is 0.0624 e. The van der Waals surface area contributed by atoms with Crippen molar-refractivity contribution in [2.24, 2.45) is 18.9 Å². The lowest BCUT2D eigenvalue weighted by Crippen LogP contribution is -2.32. The summed E-state index contributed by atoms with van der Waals surface area (Å²) in [5.74, 6) is 1.36. The van der Waals surface area contributed by atoms with Gasteiger partial charge in [0.15, 0.2) is 0 Å². The minimum absolute atomic E-state index is 0.559. The van der Waals surface area contributed by atoms with Crippen LogP contribution in [0.4, 0.5) is 0 Å². The standard InChI is InChI=1S/C15H29N3/c1-7-14-9-15(18(6)17-14)8-13(11(2)3)10-16-12(4)5/h9,11-13,16H,7-8,10H2,1-6H3. The summed E-state index contributed by atoms with van der Waals surface area (Å²) in [6, 6.07) is 2.81. The fourth-order valence-electron chi connectivity index (χ4n) is 2.13. The molecule has 1 aromatic heterocycles. The first-order chi connectivity index (χ1) is 8.43. The Labute approximate surface area is 112 Å². The quantitative estimate of drug-likeness (QED) is 0.807. The zero-order valence-corrected chi connectivity index (χ0v) is 12.8. The summed E-state index contributed by atoms with van der Waals surface area (Å²) >= 11 is 0. The van der Waals surface area contributed by atoms with Gasteiger partial charge in [0.05, 0.1) is 5.69 Å². The molecule has 0 saturated carbocycles. The van der Waals surface area contributed by atoms with E-state index in [1.807, 2.05) is 4.68 Å². The molecule has 0 saturated heterocycles. The molecule has 3 nitrogen and oxygen atoms in total. The molecule has 0 aromatic carbocycles. The Morgan fingerprint density at radius 1 is 1.28 bits per heavy atom. The van der Waals surface area contributed by atoms with Crippen molar-refractivity contribution in [2.45, 2.75) is 53.5 Å². The molecule has 0 aliphatic carbocycles. The van der Waals surface area contributed by atoms with Crippen LogP contribution < -0.4 is 5.32 Å². The lowest BCUT2D eigenvalue weighted by Gasteiger charge is -2.22. The number of aromatic nitrogens is 2. The Hall–Kier alpha value is -0.830. The molecule has 104 valence electrons. The van der Waals surface area contributed by atoms with Crippen LogP contribution in [0, 0.1) is 11.8 Å². The highest BCUT2D eigenvalue weighted by Crippen LogP contribution is 2.17. The molecule has 1 unspecified atom stereocenters. The van der Waals surface area contributed by atoms with Gasteiger partial charge in [0.25, 0.3) is 0 Å². The summed E-state index contributed by atoms with van der Waals surface area (Å²) in [4.78, 5) is 0. The van der Waals surface area contributed by atoms with Crippen molar-refractivity contribution in [1.29, 1.82) is 0 Å². The lowest BCUT2D eigenvalue weighted by atomic mass is 9.90. The predicted molar refractivity (Wildman–Crippen MR) is 77.8 cm³/mol. The number of hydrogen-bond donors (Lipinski definition) is 1. The van der Waals surface area contributed by atoms with Gasteiger partial charge in [0.2, 0.25) is 0 Å². The van der Waals surface area contributed by atoms with E-state index in [0.29, 0.717) is 17.9 Å². The Balaban J connectivity index is 2.67. The van der Waals surface area contributed by atoms with Gasteiger partial charge in [-0.25, -0.2) is 0 Å². The van der Waals surface area contributed by atoms with E-state index < -0.39 is 0 Å². The second kappa shape index (κ2) is 6.93. The van der Waals surface area contributed by atoms with Crippen LogP contribution in [-0.4, -0.2) is 22.4 Å². The molecule has 1 N–H and O–H groups in total. The van der Waals surface area contributed by atoms with Gasteiger partial charge in [-0.1, -0.05) is 34.6 Å². The minimum atomic E-state index is 0.559. The van der Waals surface area contributed by atoms with E-state index in [1.54, 1.807) is 0 Å². The van der Waals surface area contributed by atoms with Crippen LogP contribution in [0.1, 0.15) is 46.0 Å². The van der Waals surface area contributed by atoms with E-state index in [9.17, 15) is 0 Å². The Morgan fingerprint density at radius 2 is 1.94 bits per heavy atom. The smallest absolute Gasteiger partial charge is 0.0624 e.